The van der Waals surface area contributed by atoms with Gasteiger partial charge in [-0.1, -0.05) is 63.3 Å². The number of nitrogens with zero attached hydrogens (tertiary/aromatic N) is 1. The van der Waals surface area contributed by atoms with Gasteiger partial charge in [-0.25, -0.2) is 0 Å². The average molecular weight is 465 g/mol. The molecule has 0 unspecified atom stereocenters. The number of thioether (sulfide) groups is 1. The first kappa shape index (κ1) is 25.4. The molecule has 33 heavy (non-hydrogen) atoms. The second-order valence-corrected chi connectivity index (χ2v) is 10.0. The lowest BCUT2D eigenvalue weighted by Crippen LogP contribution is -2.22. The van der Waals surface area contributed by atoms with Crippen LogP contribution in [-0.2, 0) is 0 Å². The molecule has 0 saturated carbocycles. The summed E-state index contributed by atoms with van der Waals surface area (Å²) in [5.74, 6) is 0.990. The third kappa shape index (κ3) is 6.23. The Bertz CT molecular complexity index is 1120. The molecular weight excluding hydrogens is 428 g/mol. The molecule has 3 rings (SSSR count). The number of Topliss-reactive ketones (excluding diaryl/α,β-unsaturated/α-hetero) is 2. The first-order chi connectivity index (χ1) is 16.0. The number of rotatable bonds is 13. The number of benzene rings is 3. The highest BCUT2D eigenvalue weighted by Crippen LogP contribution is 2.38. The van der Waals surface area contributed by atoms with E-state index in [1.54, 1.807) is 12.1 Å². The fraction of sp³-hybridized carbons (Fsp3) is 0.429. The van der Waals surface area contributed by atoms with E-state index in [2.05, 4.69) is 25.1 Å². The smallest absolute Gasteiger partial charge is 0.177 e. The largest absolute Gasteiger partial charge is 0.324 e. The minimum absolute atomic E-state index is 0.0485. The molecule has 5 heteroatoms. The van der Waals surface area contributed by atoms with Crippen molar-refractivity contribution in [3.05, 3.63) is 53.6 Å². The molecular formula is C28H36N2O2S. The van der Waals surface area contributed by atoms with Crippen LogP contribution >= 0.6 is 11.8 Å². The molecule has 176 valence electrons. The summed E-state index contributed by atoms with van der Waals surface area (Å²) in [6.45, 7) is 2.51. The van der Waals surface area contributed by atoms with E-state index in [0.717, 1.165) is 32.2 Å². The van der Waals surface area contributed by atoms with Gasteiger partial charge in [0.05, 0.1) is 13.1 Å². The molecule has 0 heterocycles. The van der Waals surface area contributed by atoms with Gasteiger partial charge in [0.2, 0.25) is 0 Å². The number of hydrogen-bond donors (Lipinski definition) is 1. The van der Waals surface area contributed by atoms with Crippen molar-refractivity contribution < 1.29 is 9.59 Å². The van der Waals surface area contributed by atoms with E-state index in [4.69, 9.17) is 5.73 Å². The van der Waals surface area contributed by atoms with Crippen molar-refractivity contribution in [1.29, 1.82) is 0 Å². The fourth-order valence-corrected chi connectivity index (χ4v) is 5.43. The van der Waals surface area contributed by atoms with Crippen molar-refractivity contribution in [1.82, 2.24) is 4.90 Å². The molecule has 0 aliphatic heterocycles. The van der Waals surface area contributed by atoms with Crippen LogP contribution < -0.4 is 5.73 Å². The van der Waals surface area contributed by atoms with Gasteiger partial charge in [-0.3, -0.25) is 9.59 Å². The minimum Gasteiger partial charge on any atom is -0.324 e. The Hall–Kier alpha value is -2.21. The van der Waals surface area contributed by atoms with Crippen molar-refractivity contribution >= 4 is 44.9 Å². The number of carbonyl (C=O) groups excluding carboxylic acids is 2. The van der Waals surface area contributed by atoms with Crippen LogP contribution in [0.4, 0.5) is 0 Å². The molecule has 0 fully saturated rings. The molecule has 0 aliphatic carbocycles. The van der Waals surface area contributed by atoms with Crippen molar-refractivity contribution in [3.63, 3.8) is 0 Å². The Kier molecular flexibility index (Phi) is 9.48. The predicted octanol–water partition coefficient (Wildman–Crippen LogP) is 6.33. The van der Waals surface area contributed by atoms with Crippen LogP contribution in [0.2, 0.25) is 0 Å². The van der Waals surface area contributed by atoms with Crippen molar-refractivity contribution in [2.75, 3.05) is 32.9 Å². The first-order valence-electron chi connectivity index (χ1n) is 12.0. The highest BCUT2D eigenvalue weighted by Gasteiger charge is 2.20. The summed E-state index contributed by atoms with van der Waals surface area (Å²) in [5.41, 5.74) is 6.99. The van der Waals surface area contributed by atoms with Crippen LogP contribution in [0, 0.1) is 0 Å². The highest BCUT2D eigenvalue weighted by molar-refractivity contribution is 7.99. The number of fused-ring (bicyclic) bond motifs is 3. The normalized spacial score (nSPS) is 11.5. The Morgan fingerprint density at radius 1 is 0.848 bits per heavy atom. The molecule has 0 spiro atoms. The zero-order valence-corrected chi connectivity index (χ0v) is 21.0. The van der Waals surface area contributed by atoms with E-state index in [-0.39, 0.29) is 18.1 Å². The molecule has 0 saturated heterocycles. The van der Waals surface area contributed by atoms with Crippen molar-refractivity contribution in [2.45, 2.75) is 50.3 Å². The Balaban J connectivity index is 2.06. The Morgan fingerprint density at radius 3 is 2.21 bits per heavy atom. The second kappa shape index (κ2) is 12.3. The van der Waals surface area contributed by atoms with E-state index in [0.29, 0.717) is 17.7 Å². The van der Waals surface area contributed by atoms with Crippen LogP contribution in [0.25, 0.3) is 21.5 Å². The summed E-state index contributed by atoms with van der Waals surface area (Å²) < 4.78 is 0. The summed E-state index contributed by atoms with van der Waals surface area (Å²) in [6.07, 6.45) is 7.61. The number of unbranched alkanes of at least 4 members (excludes halogenated alkanes) is 5. The first-order valence-corrected chi connectivity index (χ1v) is 13.0. The molecule has 3 aromatic rings. The molecule has 0 amide bonds. The molecule has 2 N–H and O–H groups in total. The third-order valence-electron chi connectivity index (χ3n) is 5.98. The predicted molar refractivity (Wildman–Crippen MR) is 142 cm³/mol. The van der Waals surface area contributed by atoms with Crippen molar-refractivity contribution in [2.24, 2.45) is 5.73 Å². The summed E-state index contributed by atoms with van der Waals surface area (Å²) >= 11 is 1.85. The van der Waals surface area contributed by atoms with Gasteiger partial charge in [0.15, 0.2) is 11.6 Å². The highest BCUT2D eigenvalue weighted by atomic mass is 32.2. The molecule has 3 aromatic carbocycles. The van der Waals surface area contributed by atoms with E-state index in [1.165, 1.54) is 38.5 Å². The van der Waals surface area contributed by atoms with Gasteiger partial charge < -0.3 is 10.6 Å². The maximum atomic E-state index is 13.1. The molecule has 0 radical (unpaired) electrons. The molecule has 0 aromatic heterocycles. The number of ketones is 2. The third-order valence-corrected chi connectivity index (χ3v) is 7.13. The maximum Gasteiger partial charge on any atom is 0.177 e. The Labute approximate surface area is 201 Å². The van der Waals surface area contributed by atoms with Gasteiger partial charge in [-0.15, -0.1) is 11.8 Å². The van der Waals surface area contributed by atoms with Crippen molar-refractivity contribution in [3.8, 4) is 0 Å². The molecule has 0 bridgehead atoms. The minimum atomic E-state index is -0.103. The number of likely N-dealkylation sites (N-methyl/N-ethyl adjacent to an activating group) is 1. The summed E-state index contributed by atoms with van der Waals surface area (Å²) in [6, 6.07) is 13.9. The fourth-order valence-electron chi connectivity index (χ4n) is 4.33. The topological polar surface area (TPSA) is 63.4 Å². The van der Waals surface area contributed by atoms with Gasteiger partial charge in [0.25, 0.3) is 0 Å². The van der Waals surface area contributed by atoms with Crippen LogP contribution in [0.1, 0.15) is 66.2 Å². The summed E-state index contributed by atoms with van der Waals surface area (Å²) in [5, 5.41) is 3.85. The number of nitrogens with two attached hydrogens (primary N) is 1. The van der Waals surface area contributed by atoms with E-state index >= 15 is 0 Å². The van der Waals surface area contributed by atoms with Gasteiger partial charge in [-0.2, -0.15) is 0 Å². The summed E-state index contributed by atoms with van der Waals surface area (Å²) in [4.78, 5) is 28.8. The number of hydrogen-bond acceptors (Lipinski definition) is 5. The zero-order valence-electron chi connectivity index (χ0n) is 20.2. The van der Waals surface area contributed by atoms with Gasteiger partial charge >= 0.3 is 0 Å². The molecule has 4 nitrogen and oxygen atoms in total. The maximum absolute atomic E-state index is 13.1. The van der Waals surface area contributed by atoms with E-state index < -0.39 is 0 Å². The standard InChI is InChI=1S/C28H36N2O2S/c1-4-5-6-7-8-11-16-33-27-17-24-20(25(31)18-29)14-15-23(26(32)19-30(2)3)28(24)22-13-10-9-12-21(22)27/h9-10,12-15,17H,4-8,11,16,18-19,29H2,1-3H3. The molecule has 0 aliphatic rings. The van der Waals surface area contributed by atoms with Gasteiger partial charge in [0, 0.05) is 21.4 Å². The van der Waals surface area contributed by atoms with Crippen LogP contribution in [0.3, 0.4) is 0 Å². The summed E-state index contributed by atoms with van der Waals surface area (Å²) in [7, 11) is 3.78. The lowest BCUT2D eigenvalue weighted by Gasteiger charge is -2.17. The quantitative estimate of drug-likeness (QED) is 0.139. The lowest BCUT2D eigenvalue weighted by molar-refractivity contribution is 0.0957. The van der Waals surface area contributed by atoms with Gasteiger partial charge in [0.1, 0.15) is 0 Å². The molecule has 0 atom stereocenters. The second-order valence-electron chi connectivity index (χ2n) is 8.91. The lowest BCUT2D eigenvalue weighted by atomic mass is 9.91. The average Bonchev–Trinajstić information content (AvgIpc) is 2.81. The monoisotopic (exact) mass is 464 g/mol. The zero-order chi connectivity index (χ0) is 23.8. The number of carbonyl (C=O) groups is 2. The van der Waals surface area contributed by atoms with Crippen LogP contribution in [0.15, 0.2) is 47.4 Å². The van der Waals surface area contributed by atoms with Gasteiger partial charge in [-0.05, 0) is 60.6 Å². The van der Waals surface area contributed by atoms with Crippen LogP contribution in [0.5, 0.6) is 0 Å². The Morgan fingerprint density at radius 2 is 1.52 bits per heavy atom. The van der Waals surface area contributed by atoms with Crippen LogP contribution in [-0.4, -0.2) is 49.4 Å². The SMILES string of the molecule is CCCCCCCCSc1cc2c(C(=O)CN)ccc(C(=O)CN(C)C)c2c2ccccc12. The van der Waals surface area contributed by atoms with E-state index in [1.807, 2.05) is 42.9 Å². The van der Waals surface area contributed by atoms with E-state index in [9.17, 15) is 9.59 Å².